The van der Waals surface area contributed by atoms with Gasteiger partial charge < -0.3 is 4.90 Å². The van der Waals surface area contributed by atoms with E-state index in [1.807, 2.05) is 12.3 Å². The van der Waals surface area contributed by atoms with Crippen LogP contribution in [-0.2, 0) is 6.54 Å². The van der Waals surface area contributed by atoms with Gasteiger partial charge in [0.1, 0.15) is 5.82 Å². The van der Waals surface area contributed by atoms with Gasteiger partial charge in [0.25, 0.3) is 0 Å². The third-order valence-electron chi connectivity index (χ3n) is 5.86. The summed E-state index contributed by atoms with van der Waals surface area (Å²) >= 11 is 0. The normalized spacial score (nSPS) is 23.4. The molecule has 1 saturated heterocycles. The number of hydrogen-bond acceptors (Lipinski definition) is 3. The summed E-state index contributed by atoms with van der Waals surface area (Å²) in [6.45, 7) is 4.79. The van der Waals surface area contributed by atoms with Crippen LogP contribution >= 0.6 is 0 Å². The third-order valence-corrected chi connectivity index (χ3v) is 5.86. The van der Waals surface area contributed by atoms with E-state index in [9.17, 15) is 0 Å². The zero-order valence-corrected chi connectivity index (χ0v) is 15.3. The van der Waals surface area contributed by atoms with Crippen LogP contribution in [0.3, 0.4) is 0 Å². The molecule has 2 aromatic rings. The van der Waals surface area contributed by atoms with Crippen molar-refractivity contribution in [2.45, 2.75) is 38.1 Å². The van der Waals surface area contributed by atoms with Gasteiger partial charge in [-0.1, -0.05) is 30.3 Å². The highest BCUT2D eigenvalue weighted by Gasteiger charge is 2.31. The first kappa shape index (κ1) is 16.6. The van der Waals surface area contributed by atoms with E-state index in [4.69, 9.17) is 0 Å². The second kappa shape index (κ2) is 7.57. The molecule has 1 saturated carbocycles. The van der Waals surface area contributed by atoms with Crippen LogP contribution in [0.4, 0.5) is 5.82 Å². The second-order valence-electron chi connectivity index (χ2n) is 7.83. The van der Waals surface area contributed by atoms with E-state index in [1.165, 1.54) is 49.9 Å². The summed E-state index contributed by atoms with van der Waals surface area (Å²) in [7, 11) is 2.16. The van der Waals surface area contributed by atoms with Crippen LogP contribution < -0.4 is 4.90 Å². The summed E-state index contributed by atoms with van der Waals surface area (Å²) in [5.74, 6) is 2.63. The molecule has 2 aliphatic rings. The SMILES string of the molecule is CN(C[C@H]1C[C@H](c2ccc(CN3CCCC3)cc2)C1)c1ccccn1. The van der Waals surface area contributed by atoms with Crippen molar-refractivity contribution in [3.05, 3.63) is 59.8 Å². The quantitative estimate of drug-likeness (QED) is 0.784. The molecule has 0 radical (unpaired) electrons. The fraction of sp³-hybridized carbons (Fsp3) is 0.500. The van der Waals surface area contributed by atoms with Crippen LogP contribution in [-0.4, -0.2) is 36.6 Å². The Bertz CT molecular complexity index is 655. The topological polar surface area (TPSA) is 19.4 Å². The van der Waals surface area contributed by atoms with Crippen LogP contribution in [0.1, 0.15) is 42.7 Å². The molecule has 132 valence electrons. The van der Waals surface area contributed by atoms with Crippen molar-refractivity contribution in [2.75, 3.05) is 31.6 Å². The number of aromatic nitrogens is 1. The molecule has 1 aliphatic heterocycles. The monoisotopic (exact) mass is 335 g/mol. The third kappa shape index (κ3) is 4.04. The van der Waals surface area contributed by atoms with E-state index < -0.39 is 0 Å². The molecule has 2 heterocycles. The van der Waals surface area contributed by atoms with E-state index in [0.29, 0.717) is 0 Å². The number of benzene rings is 1. The van der Waals surface area contributed by atoms with Crippen LogP contribution in [0.15, 0.2) is 48.7 Å². The first-order chi connectivity index (χ1) is 12.3. The minimum atomic E-state index is 0.753. The Kier molecular flexibility index (Phi) is 5.02. The van der Waals surface area contributed by atoms with E-state index in [0.717, 1.165) is 30.7 Å². The molecule has 0 atom stereocenters. The zero-order valence-electron chi connectivity index (χ0n) is 15.3. The number of likely N-dealkylation sites (tertiary alicyclic amines) is 1. The maximum atomic E-state index is 4.44. The minimum Gasteiger partial charge on any atom is -0.359 e. The van der Waals surface area contributed by atoms with Gasteiger partial charge in [-0.25, -0.2) is 4.98 Å². The fourth-order valence-corrected chi connectivity index (χ4v) is 4.31. The van der Waals surface area contributed by atoms with Gasteiger partial charge in [0, 0.05) is 26.3 Å². The molecule has 0 bridgehead atoms. The van der Waals surface area contributed by atoms with Crippen molar-refractivity contribution < 1.29 is 0 Å². The van der Waals surface area contributed by atoms with Gasteiger partial charge in [0.2, 0.25) is 0 Å². The highest BCUT2D eigenvalue weighted by molar-refractivity contribution is 5.37. The Morgan fingerprint density at radius 1 is 1.04 bits per heavy atom. The molecule has 3 nitrogen and oxygen atoms in total. The molecule has 0 N–H and O–H groups in total. The van der Waals surface area contributed by atoms with E-state index in [2.05, 4.69) is 58.2 Å². The maximum absolute atomic E-state index is 4.44. The summed E-state index contributed by atoms with van der Waals surface area (Å²) in [6, 6.07) is 15.6. The molecule has 0 amide bonds. The van der Waals surface area contributed by atoms with Gasteiger partial charge in [-0.15, -0.1) is 0 Å². The lowest BCUT2D eigenvalue weighted by atomic mass is 9.71. The maximum Gasteiger partial charge on any atom is 0.128 e. The van der Waals surface area contributed by atoms with E-state index in [1.54, 1.807) is 0 Å². The summed E-state index contributed by atoms with van der Waals surface area (Å²) in [4.78, 5) is 9.30. The van der Waals surface area contributed by atoms with Crippen molar-refractivity contribution in [2.24, 2.45) is 5.92 Å². The number of nitrogens with zero attached hydrogens (tertiary/aromatic N) is 3. The molecule has 25 heavy (non-hydrogen) atoms. The molecule has 0 spiro atoms. The minimum absolute atomic E-state index is 0.753. The van der Waals surface area contributed by atoms with Crippen molar-refractivity contribution in [3.8, 4) is 0 Å². The summed E-state index contributed by atoms with van der Waals surface area (Å²) < 4.78 is 0. The standard InChI is InChI=1S/C22H29N3/c1-24(22-6-2-3-11-23-22)16-19-14-21(15-19)20-9-7-18(8-10-20)17-25-12-4-5-13-25/h2-3,6-11,19,21H,4-5,12-17H2,1H3/t19-,21-. The molecule has 1 aliphatic carbocycles. The van der Waals surface area contributed by atoms with E-state index >= 15 is 0 Å². The van der Waals surface area contributed by atoms with Crippen molar-refractivity contribution in [1.82, 2.24) is 9.88 Å². The van der Waals surface area contributed by atoms with E-state index in [-0.39, 0.29) is 0 Å². The first-order valence-corrected chi connectivity index (χ1v) is 9.71. The summed E-state index contributed by atoms with van der Waals surface area (Å²) in [5.41, 5.74) is 3.00. The lowest BCUT2D eigenvalue weighted by Gasteiger charge is -2.38. The summed E-state index contributed by atoms with van der Waals surface area (Å²) in [5, 5.41) is 0. The van der Waals surface area contributed by atoms with Gasteiger partial charge in [-0.3, -0.25) is 4.90 Å². The van der Waals surface area contributed by atoms with Gasteiger partial charge >= 0.3 is 0 Å². The number of anilines is 1. The molecule has 4 rings (SSSR count). The van der Waals surface area contributed by atoms with Crippen molar-refractivity contribution in [1.29, 1.82) is 0 Å². The molecule has 1 aromatic heterocycles. The Labute approximate surface area is 151 Å². The Morgan fingerprint density at radius 3 is 2.48 bits per heavy atom. The van der Waals surface area contributed by atoms with Crippen molar-refractivity contribution >= 4 is 5.82 Å². The van der Waals surface area contributed by atoms with Crippen LogP contribution in [0.5, 0.6) is 0 Å². The van der Waals surface area contributed by atoms with Gasteiger partial charge in [-0.05, 0) is 73.9 Å². The number of rotatable bonds is 6. The summed E-state index contributed by atoms with van der Waals surface area (Å²) in [6.07, 6.45) is 7.23. The fourth-order valence-electron chi connectivity index (χ4n) is 4.31. The molecular formula is C22H29N3. The Morgan fingerprint density at radius 2 is 1.80 bits per heavy atom. The van der Waals surface area contributed by atoms with Gasteiger partial charge in [-0.2, -0.15) is 0 Å². The lowest BCUT2D eigenvalue weighted by Crippen LogP contribution is -2.33. The van der Waals surface area contributed by atoms with Crippen LogP contribution in [0.25, 0.3) is 0 Å². The van der Waals surface area contributed by atoms with Crippen molar-refractivity contribution in [3.63, 3.8) is 0 Å². The largest absolute Gasteiger partial charge is 0.359 e. The second-order valence-corrected chi connectivity index (χ2v) is 7.83. The molecule has 2 fully saturated rings. The first-order valence-electron chi connectivity index (χ1n) is 9.71. The molecule has 3 heteroatoms. The highest BCUT2D eigenvalue weighted by Crippen LogP contribution is 2.42. The van der Waals surface area contributed by atoms with Gasteiger partial charge in [0.15, 0.2) is 0 Å². The predicted octanol–water partition coefficient (Wildman–Crippen LogP) is 4.31. The molecule has 0 unspecified atom stereocenters. The lowest BCUT2D eigenvalue weighted by molar-refractivity contribution is 0.269. The average Bonchev–Trinajstić information content (AvgIpc) is 3.12. The van der Waals surface area contributed by atoms with Crippen LogP contribution in [0, 0.1) is 5.92 Å². The predicted molar refractivity (Wildman–Crippen MR) is 104 cm³/mol. The number of pyridine rings is 1. The van der Waals surface area contributed by atoms with Gasteiger partial charge in [0.05, 0.1) is 0 Å². The Balaban J connectivity index is 1.26. The molecule has 1 aromatic carbocycles. The van der Waals surface area contributed by atoms with Crippen LogP contribution in [0.2, 0.25) is 0 Å². The Hall–Kier alpha value is -1.87. The number of hydrogen-bond donors (Lipinski definition) is 0. The molecular weight excluding hydrogens is 306 g/mol. The smallest absolute Gasteiger partial charge is 0.128 e. The average molecular weight is 335 g/mol. The highest BCUT2D eigenvalue weighted by atomic mass is 15.2. The zero-order chi connectivity index (χ0) is 17.1.